The van der Waals surface area contributed by atoms with Crippen LogP contribution in [0.25, 0.3) is 0 Å². The lowest BCUT2D eigenvalue weighted by atomic mass is 9.86. The molecule has 0 aromatic heterocycles. The average Bonchev–Trinajstić information content (AvgIpc) is 2.32. The van der Waals surface area contributed by atoms with Crippen LogP contribution in [-0.4, -0.2) is 6.04 Å². The van der Waals surface area contributed by atoms with E-state index in [9.17, 15) is 0 Å². The second-order valence-corrected chi connectivity index (χ2v) is 5.67. The fourth-order valence-corrected chi connectivity index (χ4v) is 2.91. The lowest BCUT2D eigenvalue weighted by molar-refractivity contribution is 0.349. The maximum absolute atomic E-state index is 8.87. The van der Waals surface area contributed by atoms with Gasteiger partial charge in [-0.25, -0.2) is 0 Å². The molecule has 1 fully saturated rings. The highest BCUT2D eigenvalue weighted by atomic mass is 79.9. The normalized spacial score (nSPS) is 24.1. The molecular weight excluding hydrogens is 276 g/mol. The highest BCUT2D eigenvalue weighted by Gasteiger charge is 2.20. The molecule has 2 atom stereocenters. The number of hydrogen-bond donors (Lipinski definition) is 1. The van der Waals surface area contributed by atoms with Crippen molar-refractivity contribution in [1.29, 1.82) is 5.26 Å². The fraction of sp³-hybridized carbons (Fsp3) is 0.500. The number of benzene rings is 1. The number of halogens is 1. The van der Waals surface area contributed by atoms with Crippen molar-refractivity contribution in [3.63, 3.8) is 0 Å². The Morgan fingerprint density at radius 3 is 2.76 bits per heavy atom. The van der Waals surface area contributed by atoms with E-state index in [0.29, 0.717) is 11.6 Å². The lowest BCUT2D eigenvalue weighted by Gasteiger charge is -2.30. The van der Waals surface area contributed by atoms with Gasteiger partial charge in [-0.2, -0.15) is 5.26 Å². The van der Waals surface area contributed by atoms with E-state index in [1.54, 1.807) is 0 Å². The molecule has 1 aromatic rings. The predicted octanol–water partition coefficient (Wildman–Crippen LogP) is 4.31. The molecule has 1 saturated carbocycles. The van der Waals surface area contributed by atoms with Crippen molar-refractivity contribution in [2.24, 2.45) is 5.92 Å². The molecule has 90 valence electrons. The highest BCUT2D eigenvalue weighted by Crippen LogP contribution is 2.28. The van der Waals surface area contributed by atoms with Crippen LogP contribution in [0.3, 0.4) is 0 Å². The van der Waals surface area contributed by atoms with Crippen molar-refractivity contribution in [3.05, 3.63) is 28.2 Å². The molecule has 17 heavy (non-hydrogen) atoms. The Balaban J connectivity index is 2.08. The SMILES string of the molecule is C[C@H]1CCCCC1Nc1ccc(C#N)c(Br)c1. The Bertz CT molecular complexity index is 436. The standard InChI is InChI=1S/C14H17BrN2/c1-10-4-2-3-5-14(10)17-12-7-6-11(9-16)13(15)8-12/h6-8,10,14,17H,2-5H2,1H3/t10-,14?/m0/s1. The van der Waals surface area contributed by atoms with Crippen LogP contribution in [-0.2, 0) is 0 Å². The Morgan fingerprint density at radius 1 is 1.35 bits per heavy atom. The minimum atomic E-state index is 0.573. The highest BCUT2D eigenvalue weighted by molar-refractivity contribution is 9.10. The molecule has 2 nitrogen and oxygen atoms in total. The Hall–Kier alpha value is -1.01. The average molecular weight is 293 g/mol. The molecule has 1 aliphatic carbocycles. The van der Waals surface area contributed by atoms with Crippen LogP contribution < -0.4 is 5.32 Å². The van der Waals surface area contributed by atoms with E-state index in [1.807, 2.05) is 18.2 Å². The third-order valence-corrected chi connectivity index (χ3v) is 4.21. The summed E-state index contributed by atoms with van der Waals surface area (Å²) < 4.78 is 0.869. The molecule has 3 heteroatoms. The van der Waals surface area contributed by atoms with E-state index in [-0.39, 0.29) is 0 Å². The maximum Gasteiger partial charge on any atom is 0.100 e. The summed E-state index contributed by atoms with van der Waals surface area (Å²) in [4.78, 5) is 0. The minimum absolute atomic E-state index is 0.573. The summed E-state index contributed by atoms with van der Waals surface area (Å²) in [6.07, 6.45) is 5.24. The summed E-state index contributed by atoms with van der Waals surface area (Å²) in [5.41, 5.74) is 1.79. The first kappa shape index (κ1) is 12.4. The topological polar surface area (TPSA) is 35.8 Å². The van der Waals surface area contributed by atoms with Crippen LogP contribution in [0.1, 0.15) is 38.2 Å². The first-order chi connectivity index (χ1) is 8.20. The molecule has 0 aliphatic heterocycles. The van der Waals surface area contributed by atoms with E-state index in [4.69, 9.17) is 5.26 Å². The van der Waals surface area contributed by atoms with Crippen molar-refractivity contribution in [1.82, 2.24) is 0 Å². The minimum Gasteiger partial charge on any atom is -0.382 e. The van der Waals surface area contributed by atoms with Crippen LogP contribution in [0.15, 0.2) is 22.7 Å². The van der Waals surface area contributed by atoms with Crippen molar-refractivity contribution < 1.29 is 0 Å². The van der Waals surface area contributed by atoms with E-state index in [0.717, 1.165) is 16.1 Å². The summed E-state index contributed by atoms with van der Waals surface area (Å²) in [5.74, 6) is 0.734. The molecular formula is C14H17BrN2. The number of rotatable bonds is 2. The van der Waals surface area contributed by atoms with Gasteiger partial charge in [0, 0.05) is 16.2 Å². The molecule has 2 rings (SSSR count). The van der Waals surface area contributed by atoms with Crippen LogP contribution in [0, 0.1) is 17.2 Å². The lowest BCUT2D eigenvalue weighted by Crippen LogP contribution is -2.30. The van der Waals surface area contributed by atoms with Crippen molar-refractivity contribution >= 4 is 21.6 Å². The van der Waals surface area contributed by atoms with Gasteiger partial charge in [-0.1, -0.05) is 19.8 Å². The number of nitriles is 1. The van der Waals surface area contributed by atoms with E-state index in [2.05, 4.69) is 34.2 Å². The van der Waals surface area contributed by atoms with Gasteiger partial charge < -0.3 is 5.32 Å². The number of hydrogen-bond acceptors (Lipinski definition) is 2. The largest absolute Gasteiger partial charge is 0.382 e. The summed E-state index contributed by atoms with van der Waals surface area (Å²) in [6.45, 7) is 2.31. The third kappa shape index (κ3) is 3.01. The maximum atomic E-state index is 8.87. The van der Waals surface area contributed by atoms with Gasteiger partial charge in [-0.15, -0.1) is 0 Å². The summed E-state index contributed by atoms with van der Waals surface area (Å²) in [5, 5.41) is 12.5. The van der Waals surface area contributed by atoms with Crippen LogP contribution in [0.4, 0.5) is 5.69 Å². The molecule has 1 N–H and O–H groups in total. The molecule has 1 aromatic carbocycles. The molecule has 0 spiro atoms. The van der Waals surface area contributed by atoms with Crippen LogP contribution in [0.2, 0.25) is 0 Å². The zero-order valence-corrected chi connectivity index (χ0v) is 11.6. The quantitative estimate of drug-likeness (QED) is 0.882. The molecule has 0 heterocycles. The monoisotopic (exact) mass is 292 g/mol. The second-order valence-electron chi connectivity index (χ2n) is 4.82. The first-order valence-corrected chi connectivity index (χ1v) is 6.96. The van der Waals surface area contributed by atoms with Crippen molar-refractivity contribution in [2.75, 3.05) is 5.32 Å². The molecule has 0 saturated heterocycles. The van der Waals surface area contributed by atoms with E-state index >= 15 is 0 Å². The zero-order valence-electron chi connectivity index (χ0n) is 10.0. The van der Waals surface area contributed by atoms with Gasteiger partial charge in [0.05, 0.1) is 5.56 Å². The number of anilines is 1. The summed E-state index contributed by atoms with van der Waals surface area (Å²) in [7, 11) is 0. The van der Waals surface area contributed by atoms with Gasteiger partial charge in [-0.05, 0) is 52.9 Å². The fourth-order valence-electron chi connectivity index (χ4n) is 2.44. The van der Waals surface area contributed by atoms with Crippen LogP contribution >= 0.6 is 15.9 Å². The molecule has 1 unspecified atom stereocenters. The second kappa shape index (κ2) is 5.55. The van der Waals surface area contributed by atoms with Gasteiger partial charge >= 0.3 is 0 Å². The van der Waals surface area contributed by atoms with Gasteiger partial charge in [0.25, 0.3) is 0 Å². The molecule has 0 amide bonds. The van der Waals surface area contributed by atoms with Crippen molar-refractivity contribution in [3.8, 4) is 6.07 Å². The number of nitrogens with one attached hydrogen (secondary N) is 1. The van der Waals surface area contributed by atoms with E-state index < -0.39 is 0 Å². The molecule has 0 bridgehead atoms. The zero-order chi connectivity index (χ0) is 12.3. The molecule has 0 radical (unpaired) electrons. The third-order valence-electron chi connectivity index (χ3n) is 3.55. The Labute approximate surface area is 111 Å². The summed E-state index contributed by atoms with van der Waals surface area (Å²) in [6, 6.07) is 8.58. The van der Waals surface area contributed by atoms with Gasteiger partial charge in [0.15, 0.2) is 0 Å². The van der Waals surface area contributed by atoms with E-state index in [1.165, 1.54) is 25.7 Å². The summed E-state index contributed by atoms with van der Waals surface area (Å²) >= 11 is 3.42. The van der Waals surface area contributed by atoms with Gasteiger partial charge in [-0.3, -0.25) is 0 Å². The van der Waals surface area contributed by atoms with Crippen molar-refractivity contribution in [2.45, 2.75) is 38.6 Å². The van der Waals surface area contributed by atoms with Crippen LogP contribution in [0.5, 0.6) is 0 Å². The molecule has 1 aliphatic rings. The van der Waals surface area contributed by atoms with Gasteiger partial charge in [0.1, 0.15) is 6.07 Å². The Morgan fingerprint density at radius 2 is 2.12 bits per heavy atom. The predicted molar refractivity (Wildman–Crippen MR) is 73.9 cm³/mol. The first-order valence-electron chi connectivity index (χ1n) is 6.17. The van der Waals surface area contributed by atoms with Gasteiger partial charge in [0.2, 0.25) is 0 Å². The Kier molecular flexibility index (Phi) is 4.06. The smallest absolute Gasteiger partial charge is 0.100 e. The number of nitrogens with zero attached hydrogens (tertiary/aromatic N) is 1.